The lowest BCUT2D eigenvalue weighted by Crippen LogP contribution is -2.24. The number of hydrogen-bond acceptors (Lipinski definition) is 5. The van der Waals surface area contributed by atoms with Crippen molar-refractivity contribution in [1.29, 1.82) is 0 Å². The zero-order valence-corrected chi connectivity index (χ0v) is 15.4. The first-order valence-corrected chi connectivity index (χ1v) is 9.06. The Labute approximate surface area is 160 Å². The van der Waals surface area contributed by atoms with Gasteiger partial charge in [-0.25, -0.2) is 9.78 Å². The fraction of sp³-hybridized carbons (Fsp3) is 0.158. The highest BCUT2D eigenvalue weighted by atomic mass is 32.2. The van der Waals surface area contributed by atoms with E-state index in [9.17, 15) is 14.4 Å². The first kappa shape index (κ1) is 20.2. The topological polar surface area (TPSA) is 108 Å². The summed E-state index contributed by atoms with van der Waals surface area (Å²) in [6.07, 6.45) is 3.93. The van der Waals surface area contributed by atoms with Crippen molar-refractivity contribution >= 4 is 41.1 Å². The van der Waals surface area contributed by atoms with Crippen LogP contribution in [0.2, 0.25) is 0 Å². The standard InChI is InChI=1S/C19H19N3O4S/c1-2-15(19(26)22-16-8-3-4-11-20-16)27-14-7-5-6-13(12-14)21-17(23)9-10-18(24)25/h3-12,15H,2H2,1H3,(H,21,23)(H,24,25)(H,20,22,26)/b10-9+. The highest BCUT2D eigenvalue weighted by Gasteiger charge is 2.18. The lowest BCUT2D eigenvalue weighted by atomic mass is 10.3. The molecule has 0 radical (unpaired) electrons. The molecular weight excluding hydrogens is 366 g/mol. The highest BCUT2D eigenvalue weighted by Crippen LogP contribution is 2.28. The van der Waals surface area contributed by atoms with Gasteiger partial charge in [0.15, 0.2) is 0 Å². The molecule has 1 aromatic heterocycles. The van der Waals surface area contributed by atoms with Gasteiger partial charge in [0.25, 0.3) is 0 Å². The van der Waals surface area contributed by atoms with Crippen LogP contribution < -0.4 is 10.6 Å². The van der Waals surface area contributed by atoms with E-state index in [0.29, 0.717) is 17.9 Å². The van der Waals surface area contributed by atoms with Crippen LogP contribution in [-0.2, 0) is 14.4 Å². The predicted molar refractivity (Wildman–Crippen MR) is 105 cm³/mol. The summed E-state index contributed by atoms with van der Waals surface area (Å²) in [5, 5.41) is 13.6. The highest BCUT2D eigenvalue weighted by molar-refractivity contribution is 8.00. The van der Waals surface area contributed by atoms with E-state index in [1.54, 1.807) is 42.6 Å². The number of carbonyl (C=O) groups excluding carboxylic acids is 2. The van der Waals surface area contributed by atoms with Crippen molar-refractivity contribution in [2.45, 2.75) is 23.5 Å². The minimum Gasteiger partial charge on any atom is -0.478 e. The van der Waals surface area contributed by atoms with Gasteiger partial charge in [0.1, 0.15) is 5.82 Å². The summed E-state index contributed by atoms with van der Waals surface area (Å²) in [6, 6.07) is 12.3. The molecule has 0 saturated heterocycles. The molecule has 0 fully saturated rings. The average molecular weight is 385 g/mol. The zero-order valence-electron chi connectivity index (χ0n) is 14.6. The molecular formula is C19H19N3O4S. The van der Waals surface area contributed by atoms with Crippen LogP contribution in [0.15, 0.2) is 65.7 Å². The maximum Gasteiger partial charge on any atom is 0.328 e. The summed E-state index contributed by atoms with van der Waals surface area (Å²) >= 11 is 1.37. The first-order chi connectivity index (χ1) is 13.0. The van der Waals surface area contributed by atoms with Gasteiger partial charge >= 0.3 is 5.97 Å². The minimum absolute atomic E-state index is 0.153. The van der Waals surface area contributed by atoms with Crippen molar-refractivity contribution in [3.8, 4) is 0 Å². The van der Waals surface area contributed by atoms with Gasteiger partial charge in [0, 0.05) is 28.9 Å². The lowest BCUT2D eigenvalue weighted by Gasteiger charge is -2.15. The fourth-order valence-corrected chi connectivity index (χ4v) is 3.12. The molecule has 0 aliphatic heterocycles. The molecule has 2 rings (SSSR count). The Balaban J connectivity index is 2.01. The van der Waals surface area contributed by atoms with Crippen LogP contribution in [0.4, 0.5) is 11.5 Å². The van der Waals surface area contributed by atoms with Gasteiger partial charge in [-0.3, -0.25) is 9.59 Å². The van der Waals surface area contributed by atoms with Crippen LogP contribution in [0, 0.1) is 0 Å². The van der Waals surface area contributed by atoms with Gasteiger partial charge in [-0.05, 0) is 36.8 Å². The molecule has 1 heterocycles. The van der Waals surface area contributed by atoms with Crippen molar-refractivity contribution in [2.75, 3.05) is 10.6 Å². The van der Waals surface area contributed by atoms with E-state index in [-0.39, 0.29) is 11.2 Å². The summed E-state index contributed by atoms with van der Waals surface area (Å²) in [5.41, 5.74) is 0.514. The Hall–Kier alpha value is -3.13. The molecule has 0 spiro atoms. The maximum atomic E-state index is 12.5. The van der Waals surface area contributed by atoms with Crippen LogP contribution in [0.5, 0.6) is 0 Å². The van der Waals surface area contributed by atoms with Crippen molar-refractivity contribution in [3.63, 3.8) is 0 Å². The number of amides is 2. The molecule has 3 N–H and O–H groups in total. The molecule has 0 saturated carbocycles. The Morgan fingerprint density at radius 2 is 1.96 bits per heavy atom. The second-order valence-electron chi connectivity index (χ2n) is 5.41. The third kappa shape index (κ3) is 6.95. The molecule has 2 amide bonds. The van der Waals surface area contributed by atoms with Gasteiger partial charge in [0.2, 0.25) is 11.8 Å². The van der Waals surface area contributed by atoms with Crippen molar-refractivity contribution < 1.29 is 19.5 Å². The molecule has 140 valence electrons. The molecule has 0 aliphatic carbocycles. The van der Waals surface area contributed by atoms with E-state index in [4.69, 9.17) is 5.11 Å². The van der Waals surface area contributed by atoms with Crippen molar-refractivity contribution in [2.24, 2.45) is 0 Å². The number of hydrogen-bond donors (Lipinski definition) is 3. The van der Waals surface area contributed by atoms with Crippen LogP contribution in [0.25, 0.3) is 0 Å². The number of aliphatic carboxylic acids is 1. The third-order valence-corrected chi connectivity index (χ3v) is 4.69. The summed E-state index contributed by atoms with van der Waals surface area (Å²) < 4.78 is 0. The molecule has 0 aliphatic rings. The number of anilines is 2. The number of carboxylic acids is 1. The predicted octanol–water partition coefficient (Wildman–Crippen LogP) is 3.17. The quantitative estimate of drug-likeness (QED) is 0.476. The number of aromatic nitrogens is 1. The first-order valence-electron chi connectivity index (χ1n) is 8.18. The second kappa shape index (κ2) is 10.1. The van der Waals surface area contributed by atoms with Crippen LogP contribution in [-0.4, -0.2) is 33.1 Å². The van der Waals surface area contributed by atoms with Gasteiger partial charge in [-0.2, -0.15) is 0 Å². The molecule has 27 heavy (non-hydrogen) atoms. The Morgan fingerprint density at radius 1 is 1.15 bits per heavy atom. The summed E-state index contributed by atoms with van der Waals surface area (Å²) in [7, 11) is 0. The molecule has 2 aromatic rings. The van der Waals surface area contributed by atoms with Gasteiger partial charge in [0.05, 0.1) is 5.25 Å². The van der Waals surface area contributed by atoms with Gasteiger partial charge < -0.3 is 15.7 Å². The lowest BCUT2D eigenvalue weighted by molar-refractivity contribution is -0.131. The Morgan fingerprint density at radius 3 is 2.63 bits per heavy atom. The van der Waals surface area contributed by atoms with Crippen LogP contribution >= 0.6 is 11.8 Å². The summed E-state index contributed by atoms with van der Waals surface area (Å²) in [6.45, 7) is 1.91. The fourth-order valence-electron chi connectivity index (χ4n) is 2.11. The van der Waals surface area contributed by atoms with E-state index >= 15 is 0 Å². The molecule has 1 atom stereocenters. The van der Waals surface area contributed by atoms with E-state index < -0.39 is 11.9 Å². The number of carboxylic acid groups (broad SMARTS) is 1. The molecule has 0 bridgehead atoms. The smallest absolute Gasteiger partial charge is 0.328 e. The van der Waals surface area contributed by atoms with Gasteiger partial charge in [-0.15, -0.1) is 11.8 Å². The summed E-state index contributed by atoms with van der Waals surface area (Å²) in [4.78, 5) is 39.5. The number of nitrogens with zero attached hydrogens (tertiary/aromatic N) is 1. The monoisotopic (exact) mass is 385 g/mol. The zero-order chi connectivity index (χ0) is 19.6. The minimum atomic E-state index is -1.20. The van der Waals surface area contributed by atoms with E-state index in [1.165, 1.54) is 11.8 Å². The Bertz CT molecular complexity index is 840. The number of benzene rings is 1. The largest absolute Gasteiger partial charge is 0.478 e. The van der Waals surface area contributed by atoms with Crippen LogP contribution in [0.3, 0.4) is 0 Å². The average Bonchev–Trinajstić information content (AvgIpc) is 2.65. The number of carbonyl (C=O) groups is 3. The van der Waals surface area contributed by atoms with E-state index in [2.05, 4.69) is 15.6 Å². The molecule has 7 nitrogen and oxygen atoms in total. The SMILES string of the molecule is CCC(Sc1cccc(NC(=O)/C=C/C(=O)O)c1)C(=O)Nc1ccccn1. The number of thioether (sulfide) groups is 1. The molecule has 1 aromatic carbocycles. The second-order valence-corrected chi connectivity index (χ2v) is 6.68. The van der Waals surface area contributed by atoms with E-state index in [0.717, 1.165) is 17.0 Å². The summed E-state index contributed by atoms with van der Waals surface area (Å²) in [5.74, 6) is -1.40. The van der Waals surface area contributed by atoms with Crippen molar-refractivity contribution in [3.05, 3.63) is 60.8 Å². The van der Waals surface area contributed by atoms with Gasteiger partial charge in [-0.1, -0.05) is 19.1 Å². The number of nitrogens with one attached hydrogen (secondary N) is 2. The van der Waals surface area contributed by atoms with E-state index in [1.807, 2.05) is 13.0 Å². The Kier molecular flexibility index (Phi) is 7.57. The number of rotatable bonds is 8. The number of pyridine rings is 1. The third-order valence-electron chi connectivity index (χ3n) is 3.34. The maximum absolute atomic E-state index is 12.5. The van der Waals surface area contributed by atoms with Crippen LogP contribution in [0.1, 0.15) is 13.3 Å². The normalized spacial score (nSPS) is 11.7. The molecule has 1 unspecified atom stereocenters. The molecule has 8 heteroatoms. The van der Waals surface area contributed by atoms with Crippen molar-refractivity contribution in [1.82, 2.24) is 4.98 Å².